The third kappa shape index (κ3) is 5.63. The zero-order valence-corrected chi connectivity index (χ0v) is 22.8. The molecule has 8 nitrogen and oxygen atoms in total. The van der Waals surface area contributed by atoms with Gasteiger partial charge in [0.25, 0.3) is 5.56 Å². The highest BCUT2D eigenvalue weighted by Crippen LogP contribution is 2.30. The molecule has 1 aromatic carbocycles. The van der Waals surface area contributed by atoms with E-state index in [2.05, 4.69) is 5.32 Å². The summed E-state index contributed by atoms with van der Waals surface area (Å²) in [7, 11) is 3.91. The number of hydrogen-bond acceptors (Lipinski definition) is 9. The molecule has 0 aliphatic carbocycles. The fourth-order valence-corrected chi connectivity index (χ4v) is 6.17. The van der Waals surface area contributed by atoms with E-state index in [1.54, 1.807) is 18.4 Å². The quantitative estimate of drug-likeness (QED) is 0.184. The molecule has 188 valence electrons. The molecule has 0 bridgehead atoms. The minimum atomic E-state index is -0.462. The predicted octanol–water partition coefficient (Wildman–Crippen LogP) is 4.85. The maximum Gasteiger partial charge on any atom is 0.348 e. The zero-order valence-electron chi connectivity index (χ0n) is 20.4. The van der Waals surface area contributed by atoms with Crippen molar-refractivity contribution >= 4 is 67.9 Å². The van der Waals surface area contributed by atoms with Crippen LogP contribution >= 0.6 is 34.4 Å². The van der Waals surface area contributed by atoms with Crippen molar-refractivity contribution in [2.24, 2.45) is 0 Å². The number of nitrogens with one attached hydrogen (secondary N) is 1. The number of ether oxygens (including phenoxy) is 1. The van der Waals surface area contributed by atoms with E-state index in [0.29, 0.717) is 38.0 Å². The summed E-state index contributed by atoms with van der Waals surface area (Å²) in [6, 6.07) is 11.4. The summed E-state index contributed by atoms with van der Waals surface area (Å²) in [6.07, 6.45) is 0. The summed E-state index contributed by atoms with van der Waals surface area (Å²) in [4.78, 5) is 47.2. The lowest BCUT2D eigenvalue weighted by Gasteiger charge is -2.13. The number of amides is 1. The van der Waals surface area contributed by atoms with Crippen LogP contribution in [0.4, 0.5) is 11.4 Å². The number of rotatable bonds is 9. The van der Waals surface area contributed by atoms with E-state index in [9.17, 15) is 14.4 Å². The highest BCUT2D eigenvalue weighted by molar-refractivity contribution is 7.99. The summed E-state index contributed by atoms with van der Waals surface area (Å²) in [5.74, 6) is -0.590. The number of carbonyl (C=O) groups excluding carboxylic acids is 2. The molecule has 4 rings (SSSR count). The Kier molecular flexibility index (Phi) is 8.12. The third-order valence-corrected chi connectivity index (χ3v) is 8.37. The van der Waals surface area contributed by atoms with E-state index >= 15 is 0 Å². The Morgan fingerprint density at radius 3 is 2.58 bits per heavy atom. The maximum absolute atomic E-state index is 13.6. The minimum absolute atomic E-state index is 0.0763. The third-order valence-electron chi connectivity index (χ3n) is 5.37. The summed E-state index contributed by atoms with van der Waals surface area (Å²) in [5, 5.41) is 5.67. The molecule has 11 heteroatoms. The SMILES string of the molecule is CCOC(=O)c1sc2nc(SCC(=O)Nc3ccc(N(C)C)cc3)n(Cc3cccs3)c(=O)c2c1C. The Morgan fingerprint density at radius 2 is 1.94 bits per heavy atom. The van der Waals surface area contributed by atoms with Crippen LogP contribution in [0.15, 0.2) is 51.7 Å². The Balaban J connectivity index is 1.62. The molecular formula is C25H26N4O4S3. The normalized spacial score (nSPS) is 11.0. The highest BCUT2D eigenvalue weighted by atomic mass is 32.2. The van der Waals surface area contributed by atoms with E-state index in [1.807, 2.05) is 60.8 Å². The number of hydrogen-bond donors (Lipinski definition) is 1. The average Bonchev–Trinajstić information content (AvgIpc) is 3.48. The van der Waals surface area contributed by atoms with Crippen LogP contribution in [-0.2, 0) is 16.1 Å². The van der Waals surface area contributed by atoms with Crippen LogP contribution in [0.1, 0.15) is 27.0 Å². The lowest BCUT2D eigenvalue weighted by atomic mass is 10.2. The number of nitrogens with zero attached hydrogens (tertiary/aromatic N) is 3. The van der Waals surface area contributed by atoms with Crippen molar-refractivity contribution in [1.82, 2.24) is 9.55 Å². The molecule has 0 fully saturated rings. The maximum atomic E-state index is 13.6. The first-order valence-electron chi connectivity index (χ1n) is 11.2. The van der Waals surface area contributed by atoms with Crippen molar-refractivity contribution in [3.05, 3.63) is 67.4 Å². The number of fused-ring (bicyclic) bond motifs is 1. The molecule has 1 amide bonds. The molecule has 3 aromatic heterocycles. The number of esters is 1. The van der Waals surface area contributed by atoms with Gasteiger partial charge in [-0.2, -0.15) is 0 Å². The minimum Gasteiger partial charge on any atom is -0.462 e. The van der Waals surface area contributed by atoms with Crippen molar-refractivity contribution in [2.45, 2.75) is 25.5 Å². The monoisotopic (exact) mass is 542 g/mol. The Labute approximate surface area is 220 Å². The topological polar surface area (TPSA) is 93.5 Å². The van der Waals surface area contributed by atoms with Crippen LogP contribution in [0, 0.1) is 6.92 Å². The van der Waals surface area contributed by atoms with Crippen molar-refractivity contribution < 1.29 is 14.3 Å². The molecule has 0 aliphatic rings. The first-order valence-corrected chi connectivity index (χ1v) is 13.9. The van der Waals surface area contributed by atoms with Crippen LogP contribution in [0.3, 0.4) is 0 Å². The van der Waals surface area contributed by atoms with Gasteiger partial charge in [-0.1, -0.05) is 17.8 Å². The number of aromatic nitrogens is 2. The predicted molar refractivity (Wildman–Crippen MR) is 148 cm³/mol. The van der Waals surface area contributed by atoms with Crippen molar-refractivity contribution in [3.8, 4) is 0 Å². The zero-order chi connectivity index (χ0) is 25.8. The fourth-order valence-electron chi connectivity index (χ4n) is 3.57. The van der Waals surface area contributed by atoms with Crippen molar-refractivity contribution in [1.29, 1.82) is 0 Å². The molecule has 0 aliphatic heterocycles. The Hall–Kier alpha value is -3.15. The van der Waals surface area contributed by atoms with Gasteiger partial charge in [-0.15, -0.1) is 22.7 Å². The molecule has 0 saturated heterocycles. The standard InChI is InChI=1S/C25H26N4O4S3/c1-5-33-24(32)21-15(2)20-22(36-21)27-25(29(23(20)31)13-18-7-6-12-34-18)35-14-19(30)26-16-8-10-17(11-9-16)28(3)4/h6-12H,5,13-14H2,1-4H3,(H,26,30). The van der Waals surface area contributed by atoms with Gasteiger partial charge in [0, 0.05) is 30.3 Å². The van der Waals surface area contributed by atoms with Crippen LogP contribution in [0.5, 0.6) is 0 Å². The molecule has 4 aromatic rings. The molecule has 0 unspecified atom stereocenters. The van der Waals surface area contributed by atoms with Gasteiger partial charge in [-0.05, 0) is 55.1 Å². The number of aryl methyl sites for hydroxylation is 1. The Bertz CT molecular complexity index is 1440. The number of anilines is 2. The second-order valence-corrected chi connectivity index (χ2v) is 11.1. The van der Waals surface area contributed by atoms with Crippen LogP contribution < -0.4 is 15.8 Å². The first-order chi connectivity index (χ1) is 17.3. The molecular weight excluding hydrogens is 517 g/mol. The van der Waals surface area contributed by atoms with Gasteiger partial charge in [0.05, 0.1) is 24.3 Å². The van der Waals surface area contributed by atoms with E-state index in [1.165, 1.54) is 23.1 Å². The second kappa shape index (κ2) is 11.3. The summed E-state index contributed by atoms with van der Waals surface area (Å²) in [5.41, 5.74) is 2.06. The van der Waals surface area contributed by atoms with E-state index in [-0.39, 0.29) is 23.8 Å². The largest absolute Gasteiger partial charge is 0.462 e. The van der Waals surface area contributed by atoms with Gasteiger partial charge >= 0.3 is 5.97 Å². The molecule has 0 radical (unpaired) electrons. The van der Waals surface area contributed by atoms with Crippen LogP contribution in [0.25, 0.3) is 10.2 Å². The number of benzene rings is 1. The molecule has 3 heterocycles. The van der Waals surface area contributed by atoms with Gasteiger partial charge in [-0.3, -0.25) is 14.2 Å². The average molecular weight is 543 g/mol. The fraction of sp³-hybridized carbons (Fsp3) is 0.280. The summed E-state index contributed by atoms with van der Waals surface area (Å²) in [6.45, 7) is 4.06. The van der Waals surface area contributed by atoms with Gasteiger partial charge < -0.3 is 15.0 Å². The van der Waals surface area contributed by atoms with Gasteiger partial charge in [0.15, 0.2) is 5.16 Å². The van der Waals surface area contributed by atoms with Gasteiger partial charge in [0.1, 0.15) is 9.71 Å². The second-order valence-electron chi connectivity index (χ2n) is 8.10. The van der Waals surface area contributed by atoms with Crippen LogP contribution in [-0.4, -0.2) is 47.9 Å². The number of thioether (sulfide) groups is 1. The van der Waals surface area contributed by atoms with Crippen LogP contribution in [0.2, 0.25) is 0 Å². The molecule has 0 atom stereocenters. The molecule has 1 N–H and O–H groups in total. The van der Waals surface area contributed by atoms with Crippen molar-refractivity contribution in [3.63, 3.8) is 0 Å². The first kappa shape index (κ1) is 25.9. The number of carbonyl (C=O) groups is 2. The number of thiophene rings is 2. The molecule has 0 spiro atoms. The van der Waals surface area contributed by atoms with E-state index in [0.717, 1.165) is 21.9 Å². The smallest absolute Gasteiger partial charge is 0.348 e. The summed E-state index contributed by atoms with van der Waals surface area (Å²) < 4.78 is 6.73. The van der Waals surface area contributed by atoms with Gasteiger partial charge in [-0.25, -0.2) is 9.78 Å². The lowest BCUT2D eigenvalue weighted by molar-refractivity contribution is -0.113. The summed E-state index contributed by atoms with van der Waals surface area (Å²) >= 11 is 3.88. The highest BCUT2D eigenvalue weighted by Gasteiger charge is 2.23. The van der Waals surface area contributed by atoms with E-state index < -0.39 is 5.97 Å². The lowest BCUT2D eigenvalue weighted by Crippen LogP contribution is -2.24. The molecule has 36 heavy (non-hydrogen) atoms. The van der Waals surface area contributed by atoms with Gasteiger partial charge in [0.2, 0.25) is 5.91 Å². The Morgan fingerprint density at radius 1 is 1.19 bits per heavy atom. The molecule has 0 saturated carbocycles. The van der Waals surface area contributed by atoms with E-state index in [4.69, 9.17) is 9.72 Å². The van der Waals surface area contributed by atoms with Crippen molar-refractivity contribution in [2.75, 3.05) is 36.7 Å².